The normalized spacial score (nSPS) is 11.5. The molecule has 3 N–H and O–H groups in total. The summed E-state index contributed by atoms with van der Waals surface area (Å²) in [4.78, 5) is 11.7. The Morgan fingerprint density at radius 2 is 1.94 bits per heavy atom. The maximum atomic E-state index is 11.7. The molecule has 0 radical (unpaired) electrons. The average Bonchev–Trinajstić information content (AvgIpc) is 2.19. The maximum absolute atomic E-state index is 11.7. The van der Waals surface area contributed by atoms with Crippen LogP contribution < -0.4 is 5.73 Å². The van der Waals surface area contributed by atoms with Crippen LogP contribution in [-0.4, -0.2) is 10.9 Å². The van der Waals surface area contributed by atoms with Crippen molar-refractivity contribution in [1.82, 2.24) is 0 Å². The number of Topliss-reactive ketones (excluding diaryl/α,β-unsaturated/α-hetero) is 1. The van der Waals surface area contributed by atoms with Gasteiger partial charge in [0.1, 0.15) is 5.75 Å². The molecule has 0 bridgehead atoms. The number of anilines is 1. The van der Waals surface area contributed by atoms with Crippen molar-refractivity contribution in [2.75, 3.05) is 5.73 Å². The van der Waals surface area contributed by atoms with Gasteiger partial charge in [-0.2, -0.15) is 0 Å². The molecule has 3 heteroatoms. The Hall–Kier alpha value is -1.51. The molecule has 0 aliphatic heterocycles. The zero-order valence-electron chi connectivity index (χ0n) is 10.3. The highest BCUT2D eigenvalue weighted by molar-refractivity contribution is 6.00. The quantitative estimate of drug-likeness (QED) is 0.458. The predicted octanol–water partition coefficient (Wildman–Crippen LogP) is 2.86. The monoisotopic (exact) mass is 221 g/mol. The van der Waals surface area contributed by atoms with Crippen LogP contribution in [-0.2, 0) is 5.41 Å². The summed E-state index contributed by atoms with van der Waals surface area (Å²) in [6.07, 6.45) is 0.362. The van der Waals surface area contributed by atoms with Crippen LogP contribution in [0.3, 0.4) is 0 Å². The average molecular weight is 221 g/mol. The number of ketones is 1. The molecule has 0 aliphatic carbocycles. The third-order valence-corrected chi connectivity index (χ3v) is 2.63. The number of benzene rings is 1. The predicted molar refractivity (Wildman–Crippen MR) is 65.8 cm³/mol. The summed E-state index contributed by atoms with van der Waals surface area (Å²) in [6.45, 7) is 7.89. The van der Waals surface area contributed by atoms with Gasteiger partial charge in [-0.3, -0.25) is 4.79 Å². The second kappa shape index (κ2) is 4.16. The fraction of sp³-hybridized carbons (Fsp3) is 0.462. The highest BCUT2D eigenvalue weighted by Crippen LogP contribution is 2.33. The van der Waals surface area contributed by atoms with E-state index in [1.807, 2.05) is 20.8 Å². The molecule has 0 fully saturated rings. The highest BCUT2D eigenvalue weighted by Gasteiger charge is 2.20. The van der Waals surface area contributed by atoms with E-state index < -0.39 is 0 Å². The molecule has 16 heavy (non-hydrogen) atoms. The van der Waals surface area contributed by atoms with Crippen molar-refractivity contribution in [2.24, 2.45) is 0 Å². The van der Waals surface area contributed by atoms with E-state index in [0.717, 1.165) is 5.56 Å². The van der Waals surface area contributed by atoms with Crippen LogP contribution in [0.1, 0.15) is 50.0 Å². The minimum absolute atomic E-state index is 0.0877. The Kier molecular flexibility index (Phi) is 3.27. The summed E-state index contributed by atoms with van der Waals surface area (Å²) in [5.41, 5.74) is 7.17. The largest absolute Gasteiger partial charge is 0.505 e. The first-order valence-corrected chi connectivity index (χ1v) is 5.43. The Balaban J connectivity index is 3.39. The van der Waals surface area contributed by atoms with Gasteiger partial charge in [0.15, 0.2) is 5.78 Å². The van der Waals surface area contributed by atoms with Gasteiger partial charge in [-0.15, -0.1) is 0 Å². The molecule has 0 spiro atoms. The van der Waals surface area contributed by atoms with Crippen LogP contribution in [0.15, 0.2) is 12.1 Å². The second-order valence-corrected chi connectivity index (χ2v) is 4.99. The van der Waals surface area contributed by atoms with Gasteiger partial charge < -0.3 is 10.8 Å². The molecule has 0 atom stereocenters. The van der Waals surface area contributed by atoms with E-state index in [9.17, 15) is 9.90 Å². The number of rotatable bonds is 2. The molecule has 3 nitrogen and oxygen atoms in total. The summed E-state index contributed by atoms with van der Waals surface area (Å²) in [5, 5.41) is 9.74. The van der Waals surface area contributed by atoms with Crippen molar-refractivity contribution in [3.63, 3.8) is 0 Å². The summed E-state index contributed by atoms with van der Waals surface area (Å²) in [7, 11) is 0. The van der Waals surface area contributed by atoms with Crippen molar-refractivity contribution < 1.29 is 9.90 Å². The van der Waals surface area contributed by atoms with Gasteiger partial charge in [-0.25, -0.2) is 0 Å². The van der Waals surface area contributed by atoms with E-state index in [4.69, 9.17) is 5.73 Å². The Morgan fingerprint density at radius 1 is 1.38 bits per heavy atom. The van der Waals surface area contributed by atoms with Gasteiger partial charge in [0.2, 0.25) is 0 Å². The van der Waals surface area contributed by atoms with Gasteiger partial charge in [-0.1, -0.05) is 27.7 Å². The van der Waals surface area contributed by atoms with Crippen molar-refractivity contribution in [3.8, 4) is 5.75 Å². The fourth-order valence-corrected chi connectivity index (χ4v) is 1.49. The number of nitrogen functional groups attached to an aromatic ring is 1. The SMILES string of the molecule is CCC(=O)c1cc(C(C)(C)C)cc(N)c1O. The van der Waals surface area contributed by atoms with E-state index in [1.165, 1.54) is 0 Å². The maximum Gasteiger partial charge on any atom is 0.166 e. The first kappa shape index (κ1) is 12.6. The van der Waals surface area contributed by atoms with Crippen molar-refractivity contribution >= 4 is 11.5 Å². The zero-order valence-corrected chi connectivity index (χ0v) is 10.3. The number of phenols is 1. The van der Waals surface area contributed by atoms with E-state index in [2.05, 4.69) is 0 Å². The second-order valence-electron chi connectivity index (χ2n) is 4.99. The molecular weight excluding hydrogens is 202 g/mol. The van der Waals surface area contributed by atoms with Crippen molar-refractivity contribution in [1.29, 1.82) is 0 Å². The molecule has 0 aliphatic rings. The lowest BCUT2D eigenvalue weighted by molar-refractivity contribution is 0.0985. The molecule has 0 saturated heterocycles. The molecule has 0 aromatic heterocycles. The summed E-state index contributed by atoms with van der Waals surface area (Å²) in [5.74, 6) is -0.185. The molecule has 0 amide bonds. The molecule has 1 aromatic rings. The minimum atomic E-state index is -0.0974. The van der Waals surface area contributed by atoms with Crippen LogP contribution in [0, 0.1) is 0 Å². The topological polar surface area (TPSA) is 63.3 Å². The van der Waals surface area contributed by atoms with Gasteiger partial charge in [0, 0.05) is 6.42 Å². The molecule has 0 saturated carbocycles. The number of carbonyl (C=O) groups excluding carboxylic acids is 1. The van der Waals surface area contributed by atoms with E-state index >= 15 is 0 Å². The van der Waals surface area contributed by atoms with Gasteiger partial charge in [-0.05, 0) is 23.1 Å². The van der Waals surface area contributed by atoms with E-state index in [-0.39, 0.29) is 22.6 Å². The summed E-state index contributed by atoms with van der Waals surface area (Å²) in [6, 6.07) is 3.46. The zero-order chi connectivity index (χ0) is 12.5. The first-order chi connectivity index (χ1) is 7.27. The van der Waals surface area contributed by atoms with Crippen molar-refractivity contribution in [3.05, 3.63) is 23.3 Å². The Bertz CT molecular complexity index is 417. The Morgan fingerprint density at radius 3 is 2.38 bits per heavy atom. The number of carbonyl (C=O) groups is 1. The van der Waals surface area contributed by atoms with Gasteiger partial charge in [0.25, 0.3) is 0 Å². The summed E-state index contributed by atoms with van der Waals surface area (Å²) >= 11 is 0. The van der Waals surface area contributed by atoms with Crippen LogP contribution in [0.25, 0.3) is 0 Å². The number of hydrogen-bond acceptors (Lipinski definition) is 3. The van der Waals surface area contributed by atoms with Crippen LogP contribution >= 0.6 is 0 Å². The number of phenolic OH excluding ortho intramolecular Hbond substituents is 1. The summed E-state index contributed by atoms with van der Waals surface area (Å²) < 4.78 is 0. The first-order valence-electron chi connectivity index (χ1n) is 5.43. The van der Waals surface area contributed by atoms with E-state index in [0.29, 0.717) is 12.0 Å². The highest BCUT2D eigenvalue weighted by atomic mass is 16.3. The molecule has 1 rings (SSSR count). The van der Waals surface area contributed by atoms with Gasteiger partial charge >= 0.3 is 0 Å². The lowest BCUT2D eigenvalue weighted by Gasteiger charge is -2.21. The Labute approximate surface area is 96.3 Å². The fourth-order valence-electron chi connectivity index (χ4n) is 1.49. The third kappa shape index (κ3) is 2.35. The third-order valence-electron chi connectivity index (χ3n) is 2.63. The molecular formula is C13H19NO2. The molecule has 1 aromatic carbocycles. The van der Waals surface area contributed by atoms with Crippen LogP contribution in [0.2, 0.25) is 0 Å². The minimum Gasteiger partial charge on any atom is -0.505 e. The number of hydrogen-bond donors (Lipinski definition) is 2. The molecule has 0 unspecified atom stereocenters. The molecule has 0 heterocycles. The lowest BCUT2D eigenvalue weighted by Crippen LogP contribution is -2.13. The van der Waals surface area contributed by atoms with Crippen LogP contribution in [0.4, 0.5) is 5.69 Å². The lowest BCUT2D eigenvalue weighted by atomic mass is 9.85. The number of nitrogens with two attached hydrogens (primary N) is 1. The number of aromatic hydroxyl groups is 1. The van der Waals surface area contributed by atoms with Crippen LogP contribution in [0.5, 0.6) is 5.75 Å². The van der Waals surface area contributed by atoms with Crippen molar-refractivity contribution in [2.45, 2.75) is 39.5 Å². The van der Waals surface area contributed by atoms with E-state index in [1.54, 1.807) is 19.1 Å². The molecule has 88 valence electrons. The smallest absolute Gasteiger partial charge is 0.166 e. The standard InChI is InChI=1S/C13H19NO2/c1-5-11(15)9-6-8(13(2,3)4)7-10(14)12(9)16/h6-7,16H,5,14H2,1-4H3. The van der Waals surface area contributed by atoms with Gasteiger partial charge in [0.05, 0.1) is 11.3 Å².